The molecule has 0 fully saturated rings. The van der Waals surface area contributed by atoms with Crippen LogP contribution in [-0.2, 0) is 0 Å². The number of hydrogen-bond acceptors (Lipinski definition) is 3. The van der Waals surface area contributed by atoms with Gasteiger partial charge in [0, 0.05) is 23.0 Å². The van der Waals surface area contributed by atoms with Gasteiger partial charge in [0.2, 0.25) is 0 Å². The number of fused-ring (bicyclic) bond motifs is 1. The van der Waals surface area contributed by atoms with Crippen LogP contribution in [0.4, 0.5) is 4.39 Å². The molecule has 0 radical (unpaired) electrons. The fourth-order valence-corrected chi connectivity index (χ4v) is 2.48. The minimum Gasteiger partial charge on any atom is -0.485 e. The van der Waals surface area contributed by atoms with Gasteiger partial charge in [0.25, 0.3) is 0 Å². The Balaban J connectivity index is 2.22. The summed E-state index contributed by atoms with van der Waals surface area (Å²) in [5.41, 5.74) is 4.38. The van der Waals surface area contributed by atoms with Crippen molar-refractivity contribution in [2.75, 3.05) is 0 Å². The Labute approximate surface area is 129 Å². The van der Waals surface area contributed by atoms with Crippen LogP contribution < -0.4 is 4.74 Å². The molecule has 0 amide bonds. The first kappa shape index (κ1) is 14.7. The van der Waals surface area contributed by atoms with Gasteiger partial charge < -0.3 is 4.74 Å². The van der Waals surface area contributed by atoms with E-state index < -0.39 is 0 Å². The number of aliphatic imine (C=N–C) groups is 1. The zero-order valence-electron chi connectivity index (χ0n) is 13.2. The van der Waals surface area contributed by atoms with Crippen LogP contribution in [0.2, 0.25) is 0 Å². The van der Waals surface area contributed by atoms with E-state index in [4.69, 9.17) is 9.73 Å². The van der Waals surface area contributed by atoms with Crippen molar-refractivity contribution in [1.82, 2.24) is 4.98 Å². The number of aromatic nitrogens is 1. The average molecular weight is 298 g/mol. The second-order valence-electron chi connectivity index (χ2n) is 5.78. The van der Waals surface area contributed by atoms with Crippen molar-refractivity contribution in [2.24, 2.45) is 4.99 Å². The van der Waals surface area contributed by atoms with Crippen LogP contribution in [0.5, 0.6) is 5.75 Å². The molecule has 1 aliphatic heterocycles. The lowest BCUT2D eigenvalue weighted by atomic mass is 10.0. The van der Waals surface area contributed by atoms with Gasteiger partial charge in [0.1, 0.15) is 6.10 Å². The summed E-state index contributed by atoms with van der Waals surface area (Å²) in [7, 11) is 0. The molecule has 3 rings (SSSR count). The number of halogens is 1. The highest BCUT2D eigenvalue weighted by Gasteiger charge is 2.26. The summed E-state index contributed by atoms with van der Waals surface area (Å²) in [6.45, 7) is 7.86. The normalized spacial score (nSPS) is 20.7. The van der Waals surface area contributed by atoms with E-state index in [-0.39, 0.29) is 23.7 Å². The van der Waals surface area contributed by atoms with E-state index in [0.717, 1.165) is 22.5 Å². The van der Waals surface area contributed by atoms with Gasteiger partial charge in [0.15, 0.2) is 11.6 Å². The second-order valence-corrected chi connectivity index (χ2v) is 5.78. The zero-order chi connectivity index (χ0) is 15.9. The molecular weight excluding hydrogens is 279 g/mol. The maximum absolute atomic E-state index is 14.2. The van der Waals surface area contributed by atoms with Crippen molar-refractivity contribution in [3.05, 3.63) is 58.7 Å². The smallest absolute Gasteiger partial charge is 0.165 e. The SMILES string of the molecule is Cc1cc(C2=N[C@@H](C)[C@@H](C)Oc3c(F)cccc32)cnc1C. The molecule has 1 aromatic heterocycles. The number of pyridine rings is 1. The van der Waals surface area contributed by atoms with E-state index in [1.165, 1.54) is 6.07 Å². The summed E-state index contributed by atoms with van der Waals surface area (Å²) in [4.78, 5) is 9.17. The molecule has 0 saturated heterocycles. The van der Waals surface area contributed by atoms with Crippen LogP contribution in [0.15, 0.2) is 35.5 Å². The summed E-state index contributed by atoms with van der Waals surface area (Å²) in [5, 5.41) is 0. The van der Waals surface area contributed by atoms with E-state index in [2.05, 4.69) is 4.98 Å². The van der Waals surface area contributed by atoms with E-state index in [0.29, 0.717) is 5.56 Å². The quantitative estimate of drug-likeness (QED) is 0.801. The van der Waals surface area contributed by atoms with Crippen molar-refractivity contribution >= 4 is 5.71 Å². The summed E-state index contributed by atoms with van der Waals surface area (Å²) in [5.74, 6) is -0.0840. The number of rotatable bonds is 1. The Bertz CT molecular complexity index is 755. The predicted octanol–water partition coefficient (Wildman–Crippen LogP) is 3.84. The molecule has 0 bridgehead atoms. The molecule has 1 aromatic carbocycles. The number of nitrogens with zero attached hydrogens (tertiary/aromatic N) is 2. The van der Waals surface area contributed by atoms with Crippen molar-refractivity contribution < 1.29 is 9.13 Å². The minimum absolute atomic E-state index is 0.0663. The molecule has 3 nitrogen and oxygen atoms in total. The molecule has 0 aliphatic carbocycles. The van der Waals surface area contributed by atoms with Crippen LogP contribution in [0, 0.1) is 19.7 Å². The Morgan fingerprint density at radius 3 is 2.68 bits per heavy atom. The number of aryl methyl sites for hydroxylation is 2. The highest BCUT2D eigenvalue weighted by atomic mass is 19.1. The van der Waals surface area contributed by atoms with E-state index in [9.17, 15) is 4.39 Å². The van der Waals surface area contributed by atoms with Gasteiger partial charge in [-0.1, -0.05) is 6.07 Å². The topological polar surface area (TPSA) is 34.5 Å². The third-order valence-corrected chi connectivity index (χ3v) is 4.15. The van der Waals surface area contributed by atoms with E-state index in [1.807, 2.05) is 39.8 Å². The molecule has 0 unspecified atom stereocenters. The van der Waals surface area contributed by atoms with Crippen LogP contribution in [-0.4, -0.2) is 22.8 Å². The Morgan fingerprint density at radius 1 is 1.18 bits per heavy atom. The first-order valence-electron chi connectivity index (χ1n) is 7.44. The highest BCUT2D eigenvalue weighted by molar-refractivity contribution is 6.14. The van der Waals surface area contributed by atoms with Crippen LogP contribution in [0.25, 0.3) is 0 Å². The molecule has 1 aliphatic rings. The van der Waals surface area contributed by atoms with Crippen molar-refractivity contribution in [1.29, 1.82) is 0 Å². The first-order chi connectivity index (χ1) is 10.5. The summed E-state index contributed by atoms with van der Waals surface area (Å²) in [6.07, 6.45) is 1.60. The summed E-state index contributed by atoms with van der Waals surface area (Å²) in [6, 6.07) is 6.92. The maximum Gasteiger partial charge on any atom is 0.165 e. The van der Waals surface area contributed by atoms with Crippen molar-refractivity contribution in [3.63, 3.8) is 0 Å². The zero-order valence-corrected chi connectivity index (χ0v) is 13.2. The fraction of sp³-hybridized carbons (Fsp3) is 0.333. The molecule has 4 heteroatoms. The lowest BCUT2D eigenvalue weighted by molar-refractivity contribution is 0.192. The van der Waals surface area contributed by atoms with E-state index in [1.54, 1.807) is 12.3 Å². The molecule has 0 saturated carbocycles. The largest absolute Gasteiger partial charge is 0.485 e. The van der Waals surface area contributed by atoms with Gasteiger partial charge in [-0.05, 0) is 51.5 Å². The number of benzene rings is 1. The number of hydrogen-bond donors (Lipinski definition) is 0. The predicted molar refractivity (Wildman–Crippen MR) is 85.3 cm³/mol. The third kappa shape index (κ3) is 2.49. The number of para-hydroxylation sites is 1. The van der Waals surface area contributed by atoms with Gasteiger partial charge >= 0.3 is 0 Å². The molecule has 114 valence electrons. The molecule has 22 heavy (non-hydrogen) atoms. The van der Waals surface area contributed by atoms with Gasteiger partial charge in [-0.3, -0.25) is 9.98 Å². The third-order valence-electron chi connectivity index (χ3n) is 4.15. The first-order valence-corrected chi connectivity index (χ1v) is 7.44. The fourth-order valence-electron chi connectivity index (χ4n) is 2.48. The summed E-state index contributed by atoms with van der Waals surface area (Å²) < 4.78 is 20.0. The van der Waals surface area contributed by atoms with E-state index >= 15 is 0 Å². The second kappa shape index (κ2) is 5.52. The molecule has 2 atom stereocenters. The molecule has 2 aromatic rings. The highest BCUT2D eigenvalue weighted by Crippen LogP contribution is 2.30. The van der Waals surface area contributed by atoms with Gasteiger partial charge in [-0.15, -0.1) is 0 Å². The van der Waals surface area contributed by atoms with Gasteiger partial charge in [-0.25, -0.2) is 4.39 Å². The molecule has 0 spiro atoms. The maximum atomic E-state index is 14.2. The Morgan fingerprint density at radius 2 is 1.95 bits per heavy atom. The van der Waals surface area contributed by atoms with Crippen molar-refractivity contribution in [3.8, 4) is 5.75 Å². The standard InChI is InChI=1S/C18H19FN2O/c1-10-8-14(9-20-11(10)2)17-15-6-5-7-16(19)18(15)22-13(4)12(3)21-17/h5-9,12-13H,1-4H3/t12-,13+/m0/s1. The van der Waals surface area contributed by atoms with Crippen molar-refractivity contribution in [2.45, 2.75) is 39.8 Å². The molecule has 0 N–H and O–H groups in total. The number of ether oxygens (including phenoxy) is 1. The lowest BCUT2D eigenvalue weighted by Gasteiger charge is -2.16. The lowest BCUT2D eigenvalue weighted by Crippen LogP contribution is -2.23. The van der Waals surface area contributed by atoms with Crippen LogP contribution in [0.1, 0.15) is 36.2 Å². The van der Waals surface area contributed by atoms with Gasteiger partial charge in [-0.2, -0.15) is 0 Å². The van der Waals surface area contributed by atoms with Crippen LogP contribution >= 0.6 is 0 Å². The summed E-state index contributed by atoms with van der Waals surface area (Å²) >= 11 is 0. The molecule has 2 heterocycles. The van der Waals surface area contributed by atoms with Crippen LogP contribution in [0.3, 0.4) is 0 Å². The monoisotopic (exact) mass is 298 g/mol. The Kier molecular flexibility index (Phi) is 3.69. The average Bonchev–Trinajstić information content (AvgIpc) is 2.61. The Hall–Kier alpha value is -2.23. The minimum atomic E-state index is -0.358. The molecular formula is C18H19FN2O. The van der Waals surface area contributed by atoms with Gasteiger partial charge in [0.05, 0.1) is 11.8 Å².